The normalized spacial score (nSPS) is 11.7. The molecular formula is C16H14F3N3O3. The predicted molar refractivity (Wildman–Crippen MR) is 81.4 cm³/mol. The second-order valence-corrected chi connectivity index (χ2v) is 5.27. The van der Waals surface area contributed by atoms with Crippen molar-refractivity contribution in [3.63, 3.8) is 0 Å². The number of hydrogen-bond acceptors (Lipinski definition) is 4. The number of alkyl halides is 3. The van der Waals surface area contributed by atoms with Crippen LogP contribution in [0.1, 0.15) is 27.7 Å². The van der Waals surface area contributed by atoms with Crippen molar-refractivity contribution in [1.82, 2.24) is 14.7 Å². The van der Waals surface area contributed by atoms with Gasteiger partial charge in [-0.2, -0.15) is 13.2 Å². The van der Waals surface area contributed by atoms with Crippen LogP contribution in [0.3, 0.4) is 0 Å². The van der Waals surface area contributed by atoms with Crippen LogP contribution in [0.15, 0.2) is 34.9 Å². The second kappa shape index (κ2) is 6.15. The van der Waals surface area contributed by atoms with Crippen LogP contribution in [0, 0.1) is 6.92 Å². The highest BCUT2D eigenvalue weighted by Crippen LogP contribution is 2.33. The van der Waals surface area contributed by atoms with Gasteiger partial charge in [0.2, 0.25) is 0 Å². The van der Waals surface area contributed by atoms with E-state index in [2.05, 4.69) is 10.3 Å². The van der Waals surface area contributed by atoms with Gasteiger partial charge in [-0.05, 0) is 31.2 Å². The molecular weight excluding hydrogens is 339 g/mol. The third kappa shape index (κ3) is 3.17. The first-order valence-electron chi connectivity index (χ1n) is 7.27. The van der Waals surface area contributed by atoms with Crippen molar-refractivity contribution >= 4 is 11.6 Å². The lowest BCUT2D eigenvalue weighted by molar-refractivity contribution is -0.141. The van der Waals surface area contributed by atoms with Gasteiger partial charge in [0.05, 0.1) is 13.7 Å². The molecule has 3 heterocycles. The SMILES string of the molecule is COc1cccn2c(C(=O)NCc3ccc(C)o3)c(C(F)(F)F)nc12. The zero-order valence-corrected chi connectivity index (χ0v) is 13.3. The highest BCUT2D eigenvalue weighted by atomic mass is 19.4. The average Bonchev–Trinajstić information content (AvgIpc) is 3.15. The lowest BCUT2D eigenvalue weighted by Gasteiger charge is -2.08. The maximum absolute atomic E-state index is 13.3. The molecule has 0 bridgehead atoms. The number of ether oxygens (including phenoxy) is 1. The van der Waals surface area contributed by atoms with Gasteiger partial charge in [-0.25, -0.2) is 4.98 Å². The number of nitrogens with zero attached hydrogens (tertiary/aromatic N) is 2. The van der Waals surface area contributed by atoms with Crippen molar-refractivity contribution in [2.75, 3.05) is 7.11 Å². The van der Waals surface area contributed by atoms with Gasteiger partial charge in [0.15, 0.2) is 17.1 Å². The number of halogens is 3. The molecule has 25 heavy (non-hydrogen) atoms. The number of amides is 1. The van der Waals surface area contributed by atoms with E-state index in [9.17, 15) is 18.0 Å². The number of carbonyl (C=O) groups excluding carboxylic acids is 1. The van der Waals surface area contributed by atoms with Gasteiger partial charge >= 0.3 is 6.18 Å². The van der Waals surface area contributed by atoms with Gasteiger partial charge in [-0.1, -0.05) is 0 Å². The topological polar surface area (TPSA) is 68.8 Å². The van der Waals surface area contributed by atoms with Crippen LogP contribution in [0.25, 0.3) is 5.65 Å². The minimum absolute atomic E-state index is 0.0405. The van der Waals surface area contributed by atoms with Crippen LogP contribution in [0.4, 0.5) is 13.2 Å². The highest BCUT2D eigenvalue weighted by molar-refractivity contribution is 5.95. The molecule has 0 aromatic carbocycles. The summed E-state index contributed by atoms with van der Waals surface area (Å²) in [5.74, 6) is 0.293. The summed E-state index contributed by atoms with van der Waals surface area (Å²) < 4.78 is 51.4. The highest BCUT2D eigenvalue weighted by Gasteiger charge is 2.40. The number of carbonyl (C=O) groups is 1. The van der Waals surface area contributed by atoms with Crippen molar-refractivity contribution in [3.05, 3.63) is 53.4 Å². The number of hydrogen-bond donors (Lipinski definition) is 1. The molecule has 0 fully saturated rings. The molecule has 0 spiro atoms. The first-order chi connectivity index (χ1) is 11.8. The average molecular weight is 353 g/mol. The number of pyridine rings is 1. The maximum atomic E-state index is 13.3. The van der Waals surface area contributed by atoms with Crippen molar-refractivity contribution in [2.45, 2.75) is 19.6 Å². The van der Waals surface area contributed by atoms with Crippen LogP contribution in [-0.2, 0) is 12.7 Å². The number of furan rings is 1. The zero-order chi connectivity index (χ0) is 18.2. The third-order valence-corrected chi connectivity index (χ3v) is 3.54. The quantitative estimate of drug-likeness (QED) is 0.782. The predicted octanol–water partition coefficient (Wildman–Crippen LogP) is 3.19. The number of methoxy groups -OCH3 is 1. The Hall–Kier alpha value is -2.97. The van der Waals surface area contributed by atoms with E-state index in [1.54, 1.807) is 19.1 Å². The fourth-order valence-corrected chi connectivity index (χ4v) is 2.45. The summed E-state index contributed by atoms with van der Waals surface area (Å²) in [5, 5.41) is 2.42. The van der Waals surface area contributed by atoms with E-state index in [1.807, 2.05) is 0 Å². The molecule has 132 valence electrons. The number of fused-ring (bicyclic) bond motifs is 1. The molecule has 0 radical (unpaired) electrons. The molecule has 0 aliphatic carbocycles. The van der Waals surface area contributed by atoms with Crippen molar-refractivity contribution < 1.29 is 27.1 Å². The van der Waals surface area contributed by atoms with Gasteiger partial charge in [0.1, 0.15) is 17.2 Å². The molecule has 1 N–H and O–H groups in total. The van der Waals surface area contributed by atoms with Crippen LogP contribution in [-0.4, -0.2) is 22.4 Å². The Morgan fingerprint density at radius 1 is 1.36 bits per heavy atom. The van der Waals surface area contributed by atoms with Crippen LogP contribution in [0.2, 0.25) is 0 Å². The lowest BCUT2D eigenvalue weighted by atomic mass is 10.3. The minimum atomic E-state index is -4.79. The van der Waals surface area contributed by atoms with Crippen LogP contribution < -0.4 is 10.1 Å². The van der Waals surface area contributed by atoms with Crippen LogP contribution in [0.5, 0.6) is 5.75 Å². The molecule has 3 aromatic heterocycles. The van der Waals surface area contributed by atoms with Crippen molar-refractivity contribution in [3.8, 4) is 5.75 Å². The van der Waals surface area contributed by atoms with E-state index in [-0.39, 0.29) is 17.9 Å². The largest absolute Gasteiger partial charge is 0.493 e. The summed E-state index contributed by atoms with van der Waals surface area (Å²) in [5.41, 5.74) is -1.97. The van der Waals surface area contributed by atoms with E-state index < -0.39 is 23.5 Å². The van der Waals surface area contributed by atoms with Gasteiger partial charge in [-0.3, -0.25) is 9.20 Å². The molecule has 0 aliphatic heterocycles. The number of imidazole rings is 1. The number of aryl methyl sites for hydroxylation is 1. The first kappa shape index (κ1) is 16.9. The Balaban J connectivity index is 2.02. The maximum Gasteiger partial charge on any atom is 0.435 e. The number of rotatable bonds is 4. The summed E-state index contributed by atoms with van der Waals surface area (Å²) in [7, 11) is 1.32. The van der Waals surface area contributed by atoms with Crippen LogP contribution >= 0.6 is 0 Å². The fourth-order valence-electron chi connectivity index (χ4n) is 2.45. The standard InChI is InChI=1S/C16H14F3N3O3/c1-9-5-6-10(25-9)8-20-15(23)12-13(16(17,18)19)21-14-11(24-2)4-3-7-22(12)14/h3-7H,8H2,1-2H3,(H,20,23). The molecule has 3 rings (SSSR count). The summed E-state index contributed by atoms with van der Waals surface area (Å²) in [6, 6.07) is 6.27. The first-order valence-corrected chi connectivity index (χ1v) is 7.27. The molecule has 1 amide bonds. The summed E-state index contributed by atoms with van der Waals surface area (Å²) in [4.78, 5) is 16.0. The number of nitrogens with one attached hydrogen (secondary N) is 1. The fraction of sp³-hybridized carbons (Fsp3) is 0.250. The number of aromatic nitrogens is 2. The lowest BCUT2D eigenvalue weighted by Crippen LogP contribution is -2.27. The smallest absolute Gasteiger partial charge is 0.435 e. The summed E-state index contributed by atoms with van der Waals surface area (Å²) >= 11 is 0. The van der Waals surface area contributed by atoms with Crippen molar-refractivity contribution in [1.29, 1.82) is 0 Å². The molecule has 0 saturated heterocycles. The molecule has 9 heteroatoms. The molecule has 0 unspecified atom stereocenters. The van der Waals surface area contributed by atoms with Gasteiger partial charge in [-0.15, -0.1) is 0 Å². The Bertz CT molecular complexity index is 928. The molecule has 3 aromatic rings. The minimum Gasteiger partial charge on any atom is -0.493 e. The van der Waals surface area contributed by atoms with E-state index >= 15 is 0 Å². The Morgan fingerprint density at radius 2 is 2.12 bits per heavy atom. The van der Waals surface area contributed by atoms with Crippen molar-refractivity contribution in [2.24, 2.45) is 0 Å². The Kier molecular flexibility index (Phi) is 4.15. The third-order valence-electron chi connectivity index (χ3n) is 3.54. The molecule has 6 nitrogen and oxygen atoms in total. The van der Waals surface area contributed by atoms with Gasteiger partial charge in [0.25, 0.3) is 5.91 Å². The summed E-state index contributed by atoms with van der Waals surface area (Å²) in [6.45, 7) is 1.69. The Morgan fingerprint density at radius 3 is 2.72 bits per heavy atom. The van der Waals surface area contributed by atoms with E-state index in [1.165, 1.54) is 25.4 Å². The van der Waals surface area contributed by atoms with E-state index in [0.29, 0.717) is 11.5 Å². The van der Waals surface area contributed by atoms with E-state index in [0.717, 1.165) is 4.40 Å². The monoisotopic (exact) mass is 353 g/mol. The Labute approximate surface area is 140 Å². The second-order valence-electron chi connectivity index (χ2n) is 5.27. The zero-order valence-electron chi connectivity index (χ0n) is 13.3. The van der Waals surface area contributed by atoms with E-state index in [4.69, 9.17) is 9.15 Å². The molecule has 0 atom stereocenters. The van der Waals surface area contributed by atoms with Gasteiger partial charge in [0, 0.05) is 6.20 Å². The molecule has 0 aliphatic rings. The van der Waals surface area contributed by atoms with Gasteiger partial charge < -0.3 is 14.5 Å². The molecule has 0 saturated carbocycles. The summed E-state index contributed by atoms with van der Waals surface area (Å²) in [6.07, 6.45) is -3.46.